The highest BCUT2D eigenvalue weighted by Gasteiger charge is 2.39. The minimum atomic E-state index is -0.135. The van der Waals surface area contributed by atoms with Gasteiger partial charge in [0, 0.05) is 4.88 Å². The van der Waals surface area contributed by atoms with E-state index in [1.54, 1.807) is 0 Å². The van der Waals surface area contributed by atoms with Crippen LogP contribution < -0.4 is 0 Å². The van der Waals surface area contributed by atoms with E-state index in [0.29, 0.717) is 40.1 Å². The standard InChI is InChI=1S/C22H25Br2ClO2S2/c1-3-5-7-8-10-12(9-6-4-2)11-13-17(25)16-18(26)14-15(19(27)20(16)28-13)22(24)29-21(14)23/h12H,3-11H2,1-2H3. The molecule has 2 aromatic heterocycles. The van der Waals surface area contributed by atoms with Gasteiger partial charge in [-0.25, -0.2) is 0 Å². The number of carbonyl (C=O) groups excluding carboxylic acids is 2. The number of thiophene rings is 2. The van der Waals surface area contributed by atoms with E-state index in [0.717, 1.165) is 11.3 Å². The summed E-state index contributed by atoms with van der Waals surface area (Å²) in [6.45, 7) is 4.45. The van der Waals surface area contributed by atoms with E-state index in [2.05, 4.69) is 45.7 Å². The summed E-state index contributed by atoms with van der Waals surface area (Å²) < 4.78 is 1.38. The summed E-state index contributed by atoms with van der Waals surface area (Å²) in [5.74, 6) is 0.333. The number of carbonyl (C=O) groups is 2. The quantitative estimate of drug-likeness (QED) is 0.224. The van der Waals surface area contributed by atoms with Crippen LogP contribution in [-0.2, 0) is 6.42 Å². The van der Waals surface area contributed by atoms with E-state index >= 15 is 0 Å². The Balaban J connectivity index is 1.86. The molecule has 1 atom stereocenters. The lowest BCUT2D eigenvalue weighted by molar-refractivity contribution is 0.0982. The zero-order chi connectivity index (χ0) is 21.1. The van der Waals surface area contributed by atoms with E-state index < -0.39 is 0 Å². The van der Waals surface area contributed by atoms with Crippen LogP contribution in [0.5, 0.6) is 0 Å². The molecule has 0 saturated heterocycles. The third kappa shape index (κ3) is 4.92. The van der Waals surface area contributed by atoms with Crippen molar-refractivity contribution in [3.8, 4) is 0 Å². The predicted molar refractivity (Wildman–Crippen MR) is 131 cm³/mol. The van der Waals surface area contributed by atoms with E-state index in [4.69, 9.17) is 11.6 Å². The highest BCUT2D eigenvalue weighted by Crippen LogP contribution is 2.47. The van der Waals surface area contributed by atoms with Gasteiger partial charge in [-0.2, -0.15) is 0 Å². The lowest BCUT2D eigenvalue weighted by atomic mass is 9.90. The average Bonchev–Trinajstić information content (AvgIpc) is 3.17. The molecular weight excluding hydrogens is 556 g/mol. The molecule has 0 aliphatic heterocycles. The summed E-state index contributed by atoms with van der Waals surface area (Å²) in [7, 11) is 0. The molecule has 1 unspecified atom stereocenters. The fraction of sp³-hybridized carbons (Fsp3) is 0.545. The van der Waals surface area contributed by atoms with Crippen molar-refractivity contribution in [3.05, 3.63) is 39.0 Å². The van der Waals surface area contributed by atoms with Gasteiger partial charge in [-0.15, -0.1) is 22.7 Å². The first kappa shape index (κ1) is 23.6. The van der Waals surface area contributed by atoms with Gasteiger partial charge in [0.05, 0.1) is 34.2 Å². The van der Waals surface area contributed by atoms with E-state index in [9.17, 15) is 9.59 Å². The Bertz CT molecular complexity index is 917. The molecule has 29 heavy (non-hydrogen) atoms. The van der Waals surface area contributed by atoms with Crippen LogP contribution >= 0.6 is 66.1 Å². The minimum absolute atomic E-state index is 0.0883. The predicted octanol–water partition coefficient (Wildman–Crippen LogP) is 9.08. The maximum Gasteiger partial charge on any atom is 0.206 e. The van der Waals surface area contributed by atoms with Gasteiger partial charge < -0.3 is 0 Å². The lowest BCUT2D eigenvalue weighted by Crippen LogP contribution is -2.18. The Hall–Kier alpha value is -0.0100. The van der Waals surface area contributed by atoms with Gasteiger partial charge in [-0.1, -0.05) is 76.8 Å². The van der Waals surface area contributed by atoms with Crippen molar-refractivity contribution in [3.63, 3.8) is 0 Å². The molecule has 0 aromatic carbocycles. The normalized spacial score (nSPS) is 14.2. The van der Waals surface area contributed by atoms with Crippen LogP contribution in [0.15, 0.2) is 7.57 Å². The van der Waals surface area contributed by atoms with E-state index in [-0.39, 0.29) is 11.6 Å². The summed E-state index contributed by atoms with van der Waals surface area (Å²) in [5.41, 5.74) is 1.34. The number of rotatable bonds is 10. The van der Waals surface area contributed by atoms with Crippen LogP contribution in [0.4, 0.5) is 0 Å². The van der Waals surface area contributed by atoms with Crippen molar-refractivity contribution in [1.82, 2.24) is 0 Å². The molecular formula is C22H25Br2ClO2S2. The number of ketones is 2. The molecule has 0 bridgehead atoms. The summed E-state index contributed by atoms with van der Waals surface area (Å²) >= 11 is 16.4. The molecule has 2 heterocycles. The maximum atomic E-state index is 13.1. The zero-order valence-electron chi connectivity index (χ0n) is 16.7. The number of hydrogen-bond acceptors (Lipinski definition) is 4. The molecule has 2 nitrogen and oxygen atoms in total. The Morgan fingerprint density at radius 3 is 2.10 bits per heavy atom. The highest BCUT2D eigenvalue weighted by molar-refractivity contribution is 9.12. The number of unbranched alkanes of at least 4 members (excludes halogenated alkanes) is 4. The second-order valence-corrected chi connectivity index (χ2v) is 12.8. The second kappa shape index (κ2) is 10.5. The summed E-state index contributed by atoms with van der Waals surface area (Å²) in [6, 6.07) is 0. The van der Waals surface area contributed by atoms with Gasteiger partial charge >= 0.3 is 0 Å². The average molecular weight is 581 g/mol. The van der Waals surface area contributed by atoms with Crippen molar-refractivity contribution >= 4 is 77.7 Å². The topological polar surface area (TPSA) is 34.1 Å². The van der Waals surface area contributed by atoms with Crippen LogP contribution in [-0.4, -0.2) is 11.6 Å². The Morgan fingerprint density at radius 1 is 0.828 bits per heavy atom. The first-order chi connectivity index (χ1) is 13.9. The van der Waals surface area contributed by atoms with Gasteiger partial charge in [0.2, 0.25) is 5.78 Å². The summed E-state index contributed by atoms with van der Waals surface area (Å²) in [5, 5.41) is 0.498. The zero-order valence-corrected chi connectivity index (χ0v) is 22.3. The molecule has 1 aliphatic carbocycles. The molecule has 1 aliphatic rings. The fourth-order valence-corrected chi connectivity index (χ4v) is 8.75. The molecule has 0 spiro atoms. The molecule has 0 saturated carbocycles. The molecule has 0 fully saturated rings. The third-order valence-electron chi connectivity index (χ3n) is 5.53. The van der Waals surface area contributed by atoms with Crippen LogP contribution in [0, 0.1) is 5.92 Å². The SMILES string of the molecule is CCCCCCC(CCCC)Cc1sc2c(c1Cl)C(=O)c1c(Br)sc(Br)c1C2=O. The monoisotopic (exact) mass is 578 g/mol. The van der Waals surface area contributed by atoms with Crippen LogP contribution in [0.25, 0.3) is 0 Å². The maximum absolute atomic E-state index is 13.1. The molecule has 0 radical (unpaired) electrons. The van der Waals surface area contributed by atoms with E-state index in [1.165, 1.54) is 74.0 Å². The molecule has 2 aromatic rings. The van der Waals surface area contributed by atoms with Gasteiger partial charge in [0.1, 0.15) is 0 Å². The van der Waals surface area contributed by atoms with Crippen molar-refractivity contribution in [2.75, 3.05) is 0 Å². The van der Waals surface area contributed by atoms with Crippen LogP contribution in [0.1, 0.15) is 101 Å². The Kier molecular flexibility index (Phi) is 8.59. The molecule has 158 valence electrons. The van der Waals surface area contributed by atoms with Gasteiger partial charge in [-0.05, 0) is 44.2 Å². The smallest absolute Gasteiger partial charge is 0.206 e. The van der Waals surface area contributed by atoms with Crippen LogP contribution in [0.3, 0.4) is 0 Å². The van der Waals surface area contributed by atoms with Crippen LogP contribution in [0.2, 0.25) is 5.02 Å². The Morgan fingerprint density at radius 2 is 1.45 bits per heavy atom. The highest BCUT2D eigenvalue weighted by atomic mass is 79.9. The largest absolute Gasteiger partial charge is 0.288 e. The fourth-order valence-electron chi connectivity index (χ4n) is 3.94. The summed E-state index contributed by atoms with van der Waals surface area (Å²) in [6.07, 6.45) is 10.6. The molecule has 3 rings (SSSR count). The first-order valence-corrected chi connectivity index (χ1v) is 13.9. The number of fused-ring (bicyclic) bond motifs is 2. The third-order valence-corrected chi connectivity index (χ3v) is 9.80. The van der Waals surface area contributed by atoms with Crippen molar-refractivity contribution in [1.29, 1.82) is 0 Å². The minimum Gasteiger partial charge on any atom is -0.288 e. The Labute approximate surface area is 202 Å². The van der Waals surface area contributed by atoms with Crippen molar-refractivity contribution < 1.29 is 9.59 Å². The number of hydrogen-bond donors (Lipinski definition) is 0. The molecule has 0 N–H and O–H groups in total. The summed E-state index contributed by atoms with van der Waals surface area (Å²) in [4.78, 5) is 27.8. The van der Waals surface area contributed by atoms with Gasteiger partial charge in [0.15, 0.2) is 5.78 Å². The van der Waals surface area contributed by atoms with Crippen molar-refractivity contribution in [2.24, 2.45) is 5.92 Å². The molecule has 0 amide bonds. The molecule has 7 heteroatoms. The second-order valence-electron chi connectivity index (χ2n) is 7.66. The van der Waals surface area contributed by atoms with Crippen molar-refractivity contribution in [2.45, 2.75) is 71.6 Å². The lowest BCUT2D eigenvalue weighted by Gasteiger charge is -2.16. The van der Waals surface area contributed by atoms with E-state index in [1.807, 2.05) is 0 Å². The van der Waals surface area contributed by atoms with Gasteiger partial charge in [-0.3, -0.25) is 9.59 Å². The number of halogens is 3. The van der Waals surface area contributed by atoms with Gasteiger partial charge in [0.25, 0.3) is 0 Å². The first-order valence-electron chi connectivity index (χ1n) is 10.3.